The van der Waals surface area contributed by atoms with Crippen molar-refractivity contribution in [1.82, 2.24) is 0 Å². The average Bonchev–Trinajstić information content (AvgIpc) is 3.38. The minimum atomic E-state index is -4.64. The van der Waals surface area contributed by atoms with Crippen molar-refractivity contribution in [3.05, 3.63) is 86.6 Å². The maximum absolute atomic E-state index is 13.5. The zero-order valence-electron chi connectivity index (χ0n) is 21.6. The van der Waals surface area contributed by atoms with Crippen molar-refractivity contribution in [2.75, 3.05) is 11.5 Å². The van der Waals surface area contributed by atoms with Gasteiger partial charge in [0.05, 0.1) is 17.7 Å². The van der Waals surface area contributed by atoms with Gasteiger partial charge in [-0.25, -0.2) is 0 Å². The summed E-state index contributed by atoms with van der Waals surface area (Å²) >= 11 is 1.26. The van der Waals surface area contributed by atoms with E-state index in [4.69, 9.17) is 4.74 Å². The van der Waals surface area contributed by atoms with Crippen LogP contribution in [0.4, 0.5) is 18.9 Å². The molecule has 1 unspecified atom stereocenters. The molecule has 0 bridgehead atoms. The molecule has 4 rings (SSSR count). The number of rotatable bonds is 5. The molecular weight excluding hydrogens is 515 g/mol. The fraction of sp³-hybridized carbons (Fsp3) is 0.310. The van der Waals surface area contributed by atoms with Crippen molar-refractivity contribution in [1.29, 1.82) is 0 Å². The number of ketones is 1. The second-order valence-electron chi connectivity index (χ2n) is 10.1. The summed E-state index contributed by atoms with van der Waals surface area (Å²) in [6.07, 6.45) is -4.64. The lowest BCUT2D eigenvalue weighted by atomic mass is 9.84. The molecule has 2 aromatic carbocycles. The van der Waals surface area contributed by atoms with Crippen LogP contribution in [0.25, 0.3) is 5.76 Å². The quantitative estimate of drug-likeness (QED) is 0.207. The first-order valence-electron chi connectivity index (χ1n) is 12.1. The average molecular weight is 544 g/mol. The lowest BCUT2D eigenvalue weighted by Gasteiger charge is -2.26. The van der Waals surface area contributed by atoms with Crippen molar-refractivity contribution in [2.45, 2.75) is 52.3 Å². The van der Waals surface area contributed by atoms with Gasteiger partial charge >= 0.3 is 6.18 Å². The molecule has 0 saturated carbocycles. The molecule has 0 spiro atoms. The summed E-state index contributed by atoms with van der Waals surface area (Å²) in [5.74, 6) is -1.75. The molecule has 1 fully saturated rings. The lowest BCUT2D eigenvalue weighted by Crippen LogP contribution is -2.29. The third-order valence-corrected chi connectivity index (χ3v) is 7.48. The van der Waals surface area contributed by atoms with E-state index in [0.29, 0.717) is 22.8 Å². The molecule has 1 aromatic heterocycles. The molecule has 1 aliphatic rings. The maximum atomic E-state index is 13.5. The molecule has 200 valence electrons. The van der Waals surface area contributed by atoms with Gasteiger partial charge in [0.2, 0.25) is 0 Å². The highest BCUT2D eigenvalue weighted by Gasteiger charge is 2.48. The van der Waals surface area contributed by atoms with Gasteiger partial charge in [0, 0.05) is 21.7 Å². The van der Waals surface area contributed by atoms with Gasteiger partial charge in [0.25, 0.3) is 11.7 Å². The Balaban J connectivity index is 1.95. The van der Waals surface area contributed by atoms with Gasteiger partial charge in [-0.2, -0.15) is 13.2 Å². The van der Waals surface area contributed by atoms with E-state index >= 15 is 0 Å². The molecule has 2 heterocycles. The highest BCUT2D eigenvalue weighted by atomic mass is 32.1. The summed E-state index contributed by atoms with van der Waals surface area (Å²) in [6, 6.07) is 10.0. The number of aryl methyl sites for hydroxylation is 1. The first kappa shape index (κ1) is 27.4. The Morgan fingerprint density at radius 3 is 2.37 bits per heavy atom. The Hall–Kier alpha value is -3.59. The van der Waals surface area contributed by atoms with E-state index in [2.05, 4.69) is 0 Å². The molecule has 3 aromatic rings. The maximum Gasteiger partial charge on any atom is 0.416 e. The molecule has 1 atom stereocenters. The minimum Gasteiger partial charge on any atom is -0.507 e. The monoisotopic (exact) mass is 543 g/mol. The van der Waals surface area contributed by atoms with E-state index in [1.54, 1.807) is 36.6 Å². The summed E-state index contributed by atoms with van der Waals surface area (Å²) in [7, 11) is 0. The number of carbonyl (C=O) groups excluding carboxylic acids is 2. The lowest BCUT2D eigenvalue weighted by molar-refractivity contribution is -0.137. The largest absolute Gasteiger partial charge is 0.507 e. The first-order chi connectivity index (χ1) is 17.8. The van der Waals surface area contributed by atoms with Crippen molar-refractivity contribution >= 4 is 34.5 Å². The van der Waals surface area contributed by atoms with Gasteiger partial charge in [-0.3, -0.25) is 14.5 Å². The normalized spacial score (nSPS) is 17.8. The smallest absolute Gasteiger partial charge is 0.416 e. The molecule has 1 saturated heterocycles. The van der Waals surface area contributed by atoms with Crippen LogP contribution in [0, 0.1) is 6.92 Å². The van der Waals surface area contributed by atoms with Gasteiger partial charge < -0.3 is 9.84 Å². The number of benzene rings is 2. The third-order valence-electron chi connectivity index (χ3n) is 6.41. The summed E-state index contributed by atoms with van der Waals surface area (Å²) in [5.41, 5.74) is 0.267. The summed E-state index contributed by atoms with van der Waals surface area (Å²) in [4.78, 5) is 28.3. The van der Waals surface area contributed by atoms with Gasteiger partial charge in [0.15, 0.2) is 0 Å². The van der Waals surface area contributed by atoms with Gasteiger partial charge in [-0.05, 0) is 72.7 Å². The zero-order valence-corrected chi connectivity index (χ0v) is 22.5. The Morgan fingerprint density at radius 2 is 1.79 bits per heavy atom. The van der Waals surface area contributed by atoms with Crippen molar-refractivity contribution < 1.29 is 32.6 Å². The molecule has 1 aliphatic heterocycles. The number of thiophene rings is 1. The van der Waals surface area contributed by atoms with Crippen molar-refractivity contribution in [3.63, 3.8) is 0 Å². The highest BCUT2D eigenvalue weighted by molar-refractivity contribution is 7.10. The Bertz CT molecular complexity index is 1430. The molecule has 38 heavy (non-hydrogen) atoms. The van der Waals surface area contributed by atoms with Crippen LogP contribution >= 0.6 is 11.3 Å². The number of hydrogen-bond donors (Lipinski definition) is 1. The predicted octanol–water partition coefficient (Wildman–Crippen LogP) is 7.40. The fourth-order valence-electron chi connectivity index (χ4n) is 4.54. The van der Waals surface area contributed by atoms with Crippen LogP contribution in [0.2, 0.25) is 0 Å². The van der Waals surface area contributed by atoms with Crippen LogP contribution in [0.3, 0.4) is 0 Å². The zero-order chi connectivity index (χ0) is 28.0. The third kappa shape index (κ3) is 4.95. The van der Waals surface area contributed by atoms with Crippen LogP contribution in [-0.4, -0.2) is 23.4 Å². The Kier molecular flexibility index (Phi) is 7.18. The van der Waals surface area contributed by atoms with E-state index in [-0.39, 0.29) is 16.7 Å². The Labute approximate surface area is 223 Å². The number of hydrogen-bond acceptors (Lipinski definition) is 5. The SMILES string of the molecule is CCOc1ccc(/C(O)=C2/C(=O)C(=O)N(c3cccc(C(F)(F)F)c3)C2c2sccc2C)cc1C(C)(C)C. The topological polar surface area (TPSA) is 66.8 Å². The predicted molar refractivity (Wildman–Crippen MR) is 142 cm³/mol. The molecular formula is C29H28F3NO4S. The van der Waals surface area contributed by atoms with Gasteiger partial charge in [0.1, 0.15) is 17.6 Å². The van der Waals surface area contributed by atoms with Crippen LogP contribution < -0.4 is 9.64 Å². The molecule has 5 nitrogen and oxygen atoms in total. The molecule has 0 radical (unpaired) electrons. The number of halogens is 3. The molecule has 1 N–H and O–H groups in total. The second kappa shape index (κ2) is 9.94. The number of anilines is 1. The van der Waals surface area contributed by atoms with Crippen LogP contribution in [0.5, 0.6) is 5.75 Å². The minimum absolute atomic E-state index is 0.0825. The number of nitrogens with zero attached hydrogens (tertiary/aromatic N) is 1. The fourth-order valence-corrected chi connectivity index (χ4v) is 5.57. The van der Waals surface area contributed by atoms with Gasteiger partial charge in [-0.15, -0.1) is 11.3 Å². The van der Waals surface area contributed by atoms with E-state index < -0.39 is 35.2 Å². The number of ether oxygens (including phenoxy) is 1. The summed E-state index contributed by atoms with van der Waals surface area (Å²) in [6.45, 7) is 10.0. The molecule has 1 amide bonds. The molecule has 9 heteroatoms. The van der Waals surface area contributed by atoms with E-state index in [1.807, 2.05) is 27.7 Å². The standard InChI is InChI=1S/C29H28F3NO4S/c1-6-37-21-11-10-17(14-20(21)28(3,4)5)24(34)22-23(26-16(2)12-13-38-26)33(27(36)25(22)35)19-9-7-8-18(15-19)29(30,31)32/h7-15,23,34H,6H2,1-5H3/b24-22-. The van der Waals surface area contributed by atoms with Crippen LogP contribution in [-0.2, 0) is 21.2 Å². The number of amides is 1. The van der Waals surface area contributed by atoms with E-state index in [9.17, 15) is 27.9 Å². The van der Waals surface area contributed by atoms with Crippen molar-refractivity contribution in [3.8, 4) is 5.75 Å². The first-order valence-corrected chi connectivity index (χ1v) is 12.9. The Morgan fingerprint density at radius 1 is 1.08 bits per heavy atom. The van der Waals surface area contributed by atoms with Gasteiger partial charge in [-0.1, -0.05) is 26.8 Å². The number of aliphatic hydroxyl groups excluding tert-OH is 1. The summed E-state index contributed by atoms with van der Waals surface area (Å²) in [5, 5.41) is 13.3. The van der Waals surface area contributed by atoms with E-state index in [0.717, 1.165) is 28.2 Å². The number of alkyl halides is 3. The van der Waals surface area contributed by atoms with Crippen LogP contribution in [0.15, 0.2) is 59.5 Å². The second-order valence-corrected chi connectivity index (χ2v) is 11.0. The number of carbonyl (C=O) groups is 2. The number of Topliss-reactive ketones (excluding diaryl/α,β-unsaturated/α-hetero) is 1. The molecule has 0 aliphatic carbocycles. The summed E-state index contributed by atoms with van der Waals surface area (Å²) < 4.78 is 46.2. The van der Waals surface area contributed by atoms with E-state index in [1.165, 1.54) is 23.5 Å². The number of aliphatic hydroxyl groups is 1. The van der Waals surface area contributed by atoms with Crippen molar-refractivity contribution in [2.24, 2.45) is 0 Å². The highest BCUT2D eigenvalue weighted by Crippen LogP contribution is 2.46. The van der Waals surface area contributed by atoms with Crippen LogP contribution in [0.1, 0.15) is 60.9 Å².